The van der Waals surface area contributed by atoms with Gasteiger partial charge in [0.2, 0.25) is 5.75 Å². The van der Waals surface area contributed by atoms with Crippen LogP contribution in [0.4, 0.5) is 10.1 Å². The van der Waals surface area contributed by atoms with Crippen LogP contribution in [0, 0.1) is 15.9 Å². The highest BCUT2D eigenvalue weighted by molar-refractivity contribution is 5.49. The Hall–Kier alpha value is -2.47. The zero-order valence-electron chi connectivity index (χ0n) is 10.6. The second-order valence-corrected chi connectivity index (χ2v) is 4.19. The minimum absolute atomic E-state index is 0.252. The highest BCUT2D eigenvalue weighted by Gasteiger charge is 2.20. The summed E-state index contributed by atoms with van der Waals surface area (Å²) in [6.45, 7) is 1.61. The molecule has 0 aromatic heterocycles. The molecule has 20 heavy (non-hydrogen) atoms. The number of ether oxygens (including phenoxy) is 1. The Bertz CT molecular complexity index is 626. The molecule has 0 saturated heterocycles. The highest BCUT2D eigenvalue weighted by atomic mass is 19.1. The van der Waals surface area contributed by atoms with Gasteiger partial charge >= 0.3 is 5.69 Å². The minimum atomic E-state index is -0.807. The van der Waals surface area contributed by atoms with Gasteiger partial charge in [-0.3, -0.25) is 10.1 Å². The van der Waals surface area contributed by atoms with Crippen LogP contribution in [0.5, 0.6) is 11.5 Å². The second kappa shape index (κ2) is 5.66. The van der Waals surface area contributed by atoms with E-state index in [0.717, 1.165) is 6.07 Å². The van der Waals surface area contributed by atoms with Gasteiger partial charge in [-0.15, -0.1) is 0 Å². The number of rotatable bonds is 4. The number of aliphatic hydroxyl groups excluding tert-OH is 1. The van der Waals surface area contributed by atoms with Crippen molar-refractivity contribution in [3.63, 3.8) is 0 Å². The van der Waals surface area contributed by atoms with Crippen molar-refractivity contribution in [2.75, 3.05) is 0 Å². The molecule has 5 nitrogen and oxygen atoms in total. The summed E-state index contributed by atoms with van der Waals surface area (Å²) < 4.78 is 18.9. The van der Waals surface area contributed by atoms with E-state index < -0.39 is 28.3 Å². The smallest absolute Gasteiger partial charge is 0.314 e. The minimum Gasteiger partial charge on any atom is -0.447 e. The van der Waals surface area contributed by atoms with Gasteiger partial charge in [0.1, 0.15) is 5.75 Å². The van der Waals surface area contributed by atoms with Crippen LogP contribution in [0.3, 0.4) is 0 Å². The summed E-state index contributed by atoms with van der Waals surface area (Å²) in [4.78, 5) is 10.1. The predicted molar refractivity (Wildman–Crippen MR) is 70.2 cm³/mol. The van der Waals surface area contributed by atoms with Crippen molar-refractivity contribution >= 4 is 5.69 Å². The summed E-state index contributed by atoms with van der Waals surface area (Å²) in [5, 5.41) is 20.2. The Balaban J connectivity index is 2.32. The quantitative estimate of drug-likeness (QED) is 0.684. The molecule has 0 radical (unpaired) electrons. The number of nitro groups is 1. The lowest BCUT2D eigenvalue weighted by Crippen LogP contribution is -1.96. The van der Waals surface area contributed by atoms with Gasteiger partial charge in [0.25, 0.3) is 0 Å². The summed E-state index contributed by atoms with van der Waals surface area (Å²) in [5.41, 5.74) is 0.227. The van der Waals surface area contributed by atoms with E-state index in [2.05, 4.69) is 0 Å². The molecule has 2 aromatic rings. The van der Waals surface area contributed by atoms with Gasteiger partial charge in [-0.25, -0.2) is 4.39 Å². The molecule has 2 rings (SSSR count). The monoisotopic (exact) mass is 277 g/mol. The van der Waals surface area contributed by atoms with Gasteiger partial charge in [0.15, 0.2) is 5.82 Å². The molecular formula is C14H12FNO4. The molecule has 1 atom stereocenters. The van der Waals surface area contributed by atoms with Gasteiger partial charge in [-0.05, 0) is 30.7 Å². The van der Waals surface area contributed by atoms with Gasteiger partial charge in [0.05, 0.1) is 11.0 Å². The topological polar surface area (TPSA) is 72.6 Å². The molecule has 1 N–H and O–H groups in total. The van der Waals surface area contributed by atoms with E-state index in [1.807, 2.05) is 0 Å². The molecule has 6 heteroatoms. The van der Waals surface area contributed by atoms with Gasteiger partial charge < -0.3 is 9.84 Å². The number of halogens is 1. The van der Waals surface area contributed by atoms with E-state index in [1.54, 1.807) is 19.1 Å². The largest absolute Gasteiger partial charge is 0.447 e. The summed E-state index contributed by atoms with van der Waals surface area (Å²) in [7, 11) is 0. The van der Waals surface area contributed by atoms with E-state index in [4.69, 9.17) is 4.74 Å². The Morgan fingerprint density at radius 1 is 1.25 bits per heavy atom. The summed E-state index contributed by atoms with van der Waals surface area (Å²) in [5.74, 6) is -0.983. The third kappa shape index (κ3) is 2.92. The van der Waals surface area contributed by atoms with Crippen LogP contribution in [0.15, 0.2) is 42.5 Å². The molecule has 1 unspecified atom stereocenters. The maximum absolute atomic E-state index is 13.6. The Kier molecular flexibility index (Phi) is 3.95. The molecule has 0 amide bonds. The maximum atomic E-state index is 13.6. The Morgan fingerprint density at radius 2 is 1.90 bits per heavy atom. The van der Waals surface area contributed by atoms with Gasteiger partial charge in [-0.1, -0.05) is 18.2 Å². The highest BCUT2D eigenvalue weighted by Crippen LogP contribution is 2.34. The van der Waals surface area contributed by atoms with E-state index >= 15 is 0 Å². The number of para-hydroxylation sites is 1. The number of hydrogen-bond donors (Lipinski definition) is 1. The van der Waals surface area contributed by atoms with Crippen LogP contribution in [0.2, 0.25) is 0 Å². The molecule has 0 spiro atoms. The van der Waals surface area contributed by atoms with Crippen molar-refractivity contribution in [3.05, 3.63) is 64.0 Å². The van der Waals surface area contributed by atoms with Crippen molar-refractivity contribution in [2.45, 2.75) is 13.0 Å². The standard InChI is InChI=1S/C14H12FNO4/c1-9(17)10-5-7-11(8-6-10)20-14-12(15)3-2-4-13(14)16(18)19/h2-9,17H,1H3. The van der Waals surface area contributed by atoms with Crippen molar-refractivity contribution < 1.29 is 19.2 Å². The summed E-state index contributed by atoms with van der Waals surface area (Å²) >= 11 is 0. The van der Waals surface area contributed by atoms with Crippen LogP contribution >= 0.6 is 0 Å². The third-order valence-corrected chi connectivity index (χ3v) is 2.73. The SMILES string of the molecule is CC(O)c1ccc(Oc2c(F)cccc2[N+](=O)[O-])cc1. The van der Waals surface area contributed by atoms with Crippen molar-refractivity contribution in [1.29, 1.82) is 0 Å². The fraction of sp³-hybridized carbons (Fsp3) is 0.143. The van der Waals surface area contributed by atoms with Crippen molar-refractivity contribution in [3.8, 4) is 11.5 Å². The third-order valence-electron chi connectivity index (χ3n) is 2.73. The van der Waals surface area contributed by atoms with Crippen LogP contribution in [0.25, 0.3) is 0 Å². The molecule has 0 aliphatic carbocycles. The molecule has 0 fully saturated rings. The van der Waals surface area contributed by atoms with Crippen LogP contribution in [-0.2, 0) is 0 Å². The first-order valence-corrected chi connectivity index (χ1v) is 5.88. The molecule has 0 aliphatic heterocycles. The molecule has 0 bridgehead atoms. The normalized spacial score (nSPS) is 11.9. The number of nitro benzene ring substituents is 1. The molecule has 0 saturated carbocycles. The first-order chi connectivity index (χ1) is 9.49. The van der Waals surface area contributed by atoms with Crippen molar-refractivity contribution in [2.24, 2.45) is 0 Å². The van der Waals surface area contributed by atoms with Crippen LogP contribution in [0.1, 0.15) is 18.6 Å². The van der Waals surface area contributed by atoms with E-state index in [1.165, 1.54) is 24.3 Å². The van der Waals surface area contributed by atoms with E-state index in [-0.39, 0.29) is 5.75 Å². The molecular weight excluding hydrogens is 265 g/mol. The summed E-state index contributed by atoms with van der Waals surface area (Å²) in [6.07, 6.45) is -0.633. The molecule has 2 aromatic carbocycles. The van der Waals surface area contributed by atoms with Crippen LogP contribution in [-0.4, -0.2) is 10.0 Å². The van der Waals surface area contributed by atoms with E-state index in [0.29, 0.717) is 5.56 Å². The molecule has 104 valence electrons. The summed E-state index contributed by atoms with van der Waals surface area (Å²) in [6, 6.07) is 9.74. The van der Waals surface area contributed by atoms with Gasteiger partial charge in [0, 0.05) is 6.07 Å². The zero-order valence-corrected chi connectivity index (χ0v) is 10.6. The number of benzene rings is 2. The zero-order chi connectivity index (χ0) is 14.7. The number of aliphatic hydroxyl groups is 1. The number of hydrogen-bond acceptors (Lipinski definition) is 4. The first kappa shape index (κ1) is 14.0. The second-order valence-electron chi connectivity index (χ2n) is 4.19. The predicted octanol–water partition coefficient (Wildman–Crippen LogP) is 3.58. The van der Waals surface area contributed by atoms with Gasteiger partial charge in [-0.2, -0.15) is 0 Å². The first-order valence-electron chi connectivity index (χ1n) is 5.88. The fourth-order valence-electron chi connectivity index (χ4n) is 1.67. The van der Waals surface area contributed by atoms with Crippen LogP contribution < -0.4 is 4.74 Å². The number of nitrogens with zero attached hydrogens (tertiary/aromatic N) is 1. The molecule has 0 heterocycles. The van der Waals surface area contributed by atoms with E-state index in [9.17, 15) is 19.6 Å². The molecule has 0 aliphatic rings. The average Bonchev–Trinajstić information content (AvgIpc) is 2.41. The lowest BCUT2D eigenvalue weighted by atomic mass is 10.1. The van der Waals surface area contributed by atoms with Crippen molar-refractivity contribution in [1.82, 2.24) is 0 Å². The Labute approximate surface area is 114 Å². The average molecular weight is 277 g/mol. The maximum Gasteiger partial charge on any atom is 0.314 e. The lowest BCUT2D eigenvalue weighted by Gasteiger charge is -2.09. The lowest BCUT2D eigenvalue weighted by molar-refractivity contribution is -0.385. The Morgan fingerprint density at radius 3 is 2.45 bits per heavy atom. The fourth-order valence-corrected chi connectivity index (χ4v) is 1.67.